The average molecular weight is 217 g/mol. The van der Waals surface area contributed by atoms with Crippen molar-refractivity contribution in [2.24, 2.45) is 0 Å². The van der Waals surface area contributed by atoms with E-state index >= 15 is 0 Å². The molecule has 0 saturated carbocycles. The largest absolute Gasteiger partial charge is 0.393 e. The van der Waals surface area contributed by atoms with Gasteiger partial charge < -0.3 is 10.8 Å². The van der Waals surface area contributed by atoms with E-state index in [9.17, 15) is 5.11 Å². The second kappa shape index (κ2) is 4.37. The second-order valence-electron chi connectivity index (χ2n) is 3.91. The minimum atomic E-state index is -0.366. The van der Waals surface area contributed by atoms with Crippen molar-refractivity contribution >= 4 is 5.82 Å². The van der Waals surface area contributed by atoms with Crippen LogP contribution >= 0.6 is 0 Å². The predicted octanol–water partition coefficient (Wildman–Crippen LogP) is 1.58. The summed E-state index contributed by atoms with van der Waals surface area (Å²) < 4.78 is 0. The lowest BCUT2D eigenvalue weighted by Crippen LogP contribution is -2.05. The third kappa shape index (κ3) is 2.06. The third-order valence-electron chi connectivity index (χ3n) is 2.49. The van der Waals surface area contributed by atoms with Crippen molar-refractivity contribution in [3.63, 3.8) is 0 Å². The molecule has 0 spiro atoms. The molecule has 2 aromatic rings. The van der Waals surface area contributed by atoms with E-state index in [0.29, 0.717) is 12.2 Å². The second-order valence-corrected chi connectivity index (χ2v) is 3.91. The summed E-state index contributed by atoms with van der Waals surface area (Å²) in [6.07, 6.45) is 1.95. The van der Waals surface area contributed by atoms with Crippen molar-refractivity contribution < 1.29 is 5.11 Å². The van der Waals surface area contributed by atoms with E-state index in [0.717, 1.165) is 16.7 Å². The number of rotatable bonds is 3. The van der Waals surface area contributed by atoms with Gasteiger partial charge in [0.15, 0.2) is 0 Å². The summed E-state index contributed by atoms with van der Waals surface area (Å²) in [6.45, 7) is 1.77. The Labute approximate surface area is 94.1 Å². The average Bonchev–Trinajstić information content (AvgIpc) is 2.64. The molecule has 2 rings (SSSR count). The van der Waals surface area contributed by atoms with Crippen LogP contribution in [0.2, 0.25) is 0 Å². The fourth-order valence-electron chi connectivity index (χ4n) is 1.79. The number of nitrogens with one attached hydrogen (secondary N) is 1. The molecule has 4 N–H and O–H groups in total. The molecule has 1 atom stereocenters. The minimum absolute atomic E-state index is 0.366. The lowest BCUT2D eigenvalue weighted by Gasteiger charge is -2.10. The van der Waals surface area contributed by atoms with Crippen LogP contribution in [0.25, 0.3) is 11.1 Å². The standard InChI is InChI=1S/C12H15N3O/c1-8(16)6-9-4-2-3-5-10(9)11-7-14-15-12(11)13/h2-5,7-8,16H,6H2,1H3,(H3,13,14,15). The van der Waals surface area contributed by atoms with Crippen LogP contribution in [0.15, 0.2) is 30.5 Å². The molecule has 0 radical (unpaired) electrons. The molecule has 0 aliphatic heterocycles. The fourth-order valence-corrected chi connectivity index (χ4v) is 1.79. The molecule has 1 unspecified atom stereocenters. The highest BCUT2D eigenvalue weighted by Crippen LogP contribution is 2.27. The maximum absolute atomic E-state index is 9.44. The Bertz CT molecular complexity index is 477. The van der Waals surface area contributed by atoms with Crippen LogP contribution in [-0.4, -0.2) is 21.4 Å². The number of H-pyrrole nitrogens is 1. The van der Waals surface area contributed by atoms with Gasteiger partial charge in [-0.2, -0.15) is 5.10 Å². The topological polar surface area (TPSA) is 74.9 Å². The molecule has 1 heterocycles. The predicted molar refractivity (Wildman–Crippen MR) is 63.8 cm³/mol. The lowest BCUT2D eigenvalue weighted by atomic mass is 9.98. The number of hydrogen-bond donors (Lipinski definition) is 3. The van der Waals surface area contributed by atoms with Crippen LogP contribution in [0.4, 0.5) is 5.82 Å². The minimum Gasteiger partial charge on any atom is -0.393 e. The van der Waals surface area contributed by atoms with Crippen molar-refractivity contribution in [1.82, 2.24) is 10.2 Å². The number of aromatic amines is 1. The zero-order valence-electron chi connectivity index (χ0n) is 9.14. The van der Waals surface area contributed by atoms with Crippen molar-refractivity contribution in [2.45, 2.75) is 19.4 Å². The number of anilines is 1. The molecular formula is C12H15N3O. The highest BCUT2D eigenvalue weighted by Gasteiger charge is 2.10. The van der Waals surface area contributed by atoms with Gasteiger partial charge in [-0.3, -0.25) is 5.10 Å². The summed E-state index contributed by atoms with van der Waals surface area (Å²) in [5, 5.41) is 16.1. The monoisotopic (exact) mass is 217 g/mol. The van der Waals surface area contributed by atoms with Gasteiger partial charge in [0.1, 0.15) is 5.82 Å². The van der Waals surface area contributed by atoms with Gasteiger partial charge in [0.2, 0.25) is 0 Å². The first-order valence-corrected chi connectivity index (χ1v) is 5.23. The van der Waals surface area contributed by atoms with E-state index in [-0.39, 0.29) is 6.10 Å². The number of hydrogen-bond acceptors (Lipinski definition) is 3. The highest BCUT2D eigenvalue weighted by molar-refractivity contribution is 5.75. The van der Waals surface area contributed by atoms with E-state index < -0.39 is 0 Å². The molecule has 1 aromatic heterocycles. The number of aromatic nitrogens is 2. The van der Waals surface area contributed by atoms with Crippen LogP contribution in [-0.2, 0) is 6.42 Å². The van der Waals surface area contributed by atoms with E-state index in [4.69, 9.17) is 5.73 Å². The van der Waals surface area contributed by atoms with E-state index in [1.165, 1.54) is 0 Å². The summed E-state index contributed by atoms with van der Waals surface area (Å²) in [4.78, 5) is 0. The summed E-state index contributed by atoms with van der Waals surface area (Å²) in [6, 6.07) is 7.89. The molecule has 0 amide bonds. The quantitative estimate of drug-likeness (QED) is 0.730. The van der Waals surface area contributed by atoms with Crippen LogP contribution in [0.1, 0.15) is 12.5 Å². The fraction of sp³-hybridized carbons (Fsp3) is 0.250. The Morgan fingerprint density at radius 2 is 2.12 bits per heavy atom. The highest BCUT2D eigenvalue weighted by atomic mass is 16.3. The van der Waals surface area contributed by atoms with E-state index in [1.807, 2.05) is 24.3 Å². The first kappa shape index (κ1) is 10.7. The number of aliphatic hydroxyl groups excluding tert-OH is 1. The van der Waals surface area contributed by atoms with Crippen molar-refractivity contribution in [3.8, 4) is 11.1 Å². The van der Waals surface area contributed by atoms with Gasteiger partial charge in [0.05, 0.1) is 12.3 Å². The van der Waals surface area contributed by atoms with Gasteiger partial charge in [-0.1, -0.05) is 24.3 Å². The Morgan fingerprint density at radius 1 is 1.38 bits per heavy atom. The molecule has 4 nitrogen and oxygen atoms in total. The van der Waals surface area contributed by atoms with Crippen molar-refractivity contribution in [3.05, 3.63) is 36.0 Å². The first-order valence-electron chi connectivity index (χ1n) is 5.23. The first-order chi connectivity index (χ1) is 7.68. The van der Waals surface area contributed by atoms with Crippen molar-refractivity contribution in [2.75, 3.05) is 5.73 Å². The Balaban J connectivity index is 2.44. The summed E-state index contributed by atoms with van der Waals surface area (Å²) >= 11 is 0. The number of benzene rings is 1. The maximum atomic E-state index is 9.44. The molecule has 4 heteroatoms. The summed E-state index contributed by atoms with van der Waals surface area (Å²) in [7, 11) is 0. The maximum Gasteiger partial charge on any atom is 0.126 e. The number of nitrogens with zero attached hydrogens (tertiary/aromatic N) is 1. The molecule has 0 fully saturated rings. The molecule has 84 valence electrons. The lowest BCUT2D eigenvalue weighted by molar-refractivity contribution is 0.195. The van der Waals surface area contributed by atoms with Crippen molar-refractivity contribution in [1.29, 1.82) is 0 Å². The Hall–Kier alpha value is -1.81. The zero-order chi connectivity index (χ0) is 11.5. The summed E-state index contributed by atoms with van der Waals surface area (Å²) in [5.41, 5.74) is 8.77. The normalized spacial score (nSPS) is 12.6. The number of nitrogens with two attached hydrogens (primary N) is 1. The Kier molecular flexibility index (Phi) is 2.92. The third-order valence-corrected chi connectivity index (χ3v) is 2.49. The molecule has 0 aliphatic rings. The van der Waals surface area contributed by atoms with Gasteiger partial charge in [-0.15, -0.1) is 0 Å². The molecule has 0 saturated heterocycles. The van der Waals surface area contributed by atoms with Crippen LogP contribution in [0, 0.1) is 0 Å². The molecule has 1 aromatic carbocycles. The van der Waals surface area contributed by atoms with Gasteiger partial charge in [-0.05, 0) is 24.5 Å². The molecule has 16 heavy (non-hydrogen) atoms. The smallest absolute Gasteiger partial charge is 0.126 e. The number of aliphatic hydroxyl groups is 1. The van der Waals surface area contributed by atoms with Crippen LogP contribution < -0.4 is 5.73 Å². The van der Waals surface area contributed by atoms with Crippen LogP contribution in [0.3, 0.4) is 0 Å². The summed E-state index contributed by atoms with van der Waals surface area (Å²) in [5.74, 6) is 0.554. The Morgan fingerprint density at radius 3 is 2.75 bits per heavy atom. The van der Waals surface area contributed by atoms with Gasteiger partial charge in [0.25, 0.3) is 0 Å². The zero-order valence-corrected chi connectivity index (χ0v) is 9.14. The van der Waals surface area contributed by atoms with Crippen LogP contribution in [0.5, 0.6) is 0 Å². The molecular weight excluding hydrogens is 202 g/mol. The van der Waals surface area contributed by atoms with E-state index in [2.05, 4.69) is 10.2 Å². The van der Waals surface area contributed by atoms with E-state index in [1.54, 1.807) is 13.1 Å². The number of nitrogen functional groups attached to an aromatic ring is 1. The van der Waals surface area contributed by atoms with Gasteiger partial charge >= 0.3 is 0 Å². The molecule has 0 aliphatic carbocycles. The molecule has 0 bridgehead atoms. The van der Waals surface area contributed by atoms with Gasteiger partial charge in [0, 0.05) is 5.56 Å². The SMILES string of the molecule is CC(O)Cc1ccccc1-c1cn[nH]c1N. The van der Waals surface area contributed by atoms with Gasteiger partial charge in [-0.25, -0.2) is 0 Å².